The Labute approximate surface area is 262 Å². The van der Waals surface area contributed by atoms with Crippen molar-refractivity contribution >= 4 is 5.91 Å². The molecule has 3 aliphatic rings. The molecule has 0 radical (unpaired) electrons. The minimum atomic E-state index is 0.0884. The molecular weight excluding hydrogens is 550 g/mol. The number of aliphatic hydroxyl groups excluding tert-OH is 1. The number of benzene rings is 1. The first-order valence-electron chi connectivity index (χ1n) is 16.5. The third-order valence-electron chi connectivity index (χ3n) is 9.84. The molecule has 1 saturated heterocycles. The number of nitrogens with zero attached hydrogens (tertiary/aromatic N) is 5. The molecule has 6 rings (SSSR count). The summed E-state index contributed by atoms with van der Waals surface area (Å²) in [6, 6.07) is 9.78. The summed E-state index contributed by atoms with van der Waals surface area (Å²) in [5.41, 5.74) is 11.4. The Kier molecular flexibility index (Phi) is 9.47. The number of carbonyl (C=O) groups excluding carboxylic acids is 1. The molecule has 1 aromatic carbocycles. The predicted octanol–water partition coefficient (Wildman–Crippen LogP) is 3.04. The Bertz CT molecular complexity index is 1480. The van der Waals surface area contributed by atoms with Gasteiger partial charge in [-0.3, -0.25) is 24.3 Å². The summed E-state index contributed by atoms with van der Waals surface area (Å²) in [4.78, 5) is 21.8. The molecule has 3 aliphatic heterocycles. The fourth-order valence-electron chi connectivity index (χ4n) is 7.19. The third kappa shape index (κ3) is 7.07. The van der Waals surface area contributed by atoms with Gasteiger partial charge in [-0.25, -0.2) is 0 Å². The van der Waals surface area contributed by atoms with Crippen molar-refractivity contribution in [2.45, 2.75) is 104 Å². The van der Waals surface area contributed by atoms with Crippen LogP contribution >= 0.6 is 0 Å². The van der Waals surface area contributed by atoms with Gasteiger partial charge in [-0.15, -0.1) is 0 Å². The molecule has 9 nitrogen and oxygen atoms in total. The van der Waals surface area contributed by atoms with Crippen LogP contribution in [0.4, 0.5) is 0 Å². The number of rotatable bonds is 11. The highest BCUT2D eigenvalue weighted by atomic mass is 16.3. The molecule has 1 fully saturated rings. The first kappa shape index (κ1) is 30.9. The van der Waals surface area contributed by atoms with Crippen molar-refractivity contribution in [3.05, 3.63) is 80.9 Å². The van der Waals surface area contributed by atoms with Crippen LogP contribution in [0.5, 0.6) is 0 Å². The molecule has 2 atom stereocenters. The summed E-state index contributed by atoms with van der Waals surface area (Å²) in [5.74, 6) is 0.141. The maximum absolute atomic E-state index is 12.2. The average molecular weight is 600 g/mol. The van der Waals surface area contributed by atoms with Gasteiger partial charge in [0.05, 0.1) is 24.5 Å². The van der Waals surface area contributed by atoms with Crippen molar-refractivity contribution < 1.29 is 9.90 Å². The first-order valence-corrected chi connectivity index (χ1v) is 16.5. The first-order chi connectivity index (χ1) is 21.2. The Balaban J connectivity index is 1.17. The maximum atomic E-state index is 12.2. The fraction of sp³-hybridized carbons (Fsp3) is 0.571. The van der Waals surface area contributed by atoms with Crippen LogP contribution < -0.4 is 10.6 Å². The lowest BCUT2D eigenvalue weighted by atomic mass is 9.91. The molecule has 0 spiro atoms. The van der Waals surface area contributed by atoms with Gasteiger partial charge >= 0.3 is 0 Å². The number of β-amino-alcohol motifs (C(OH)–C–C–N with tert-alkyl or cyclic N) is 1. The van der Waals surface area contributed by atoms with Crippen LogP contribution in [0.3, 0.4) is 0 Å². The van der Waals surface area contributed by atoms with Crippen LogP contribution in [0.25, 0.3) is 0 Å². The van der Waals surface area contributed by atoms with Gasteiger partial charge < -0.3 is 15.7 Å². The Morgan fingerprint density at radius 2 is 1.93 bits per heavy atom. The summed E-state index contributed by atoms with van der Waals surface area (Å²) in [5, 5.41) is 21.5. The minimum Gasteiger partial charge on any atom is -0.395 e. The number of hydrogen-bond donors (Lipinski definition) is 3. The van der Waals surface area contributed by atoms with Gasteiger partial charge in [0, 0.05) is 75.7 Å². The monoisotopic (exact) mass is 599 g/mol. The number of amides is 1. The zero-order valence-corrected chi connectivity index (χ0v) is 26.9. The summed E-state index contributed by atoms with van der Waals surface area (Å²) in [7, 11) is 0. The van der Waals surface area contributed by atoms with E-state index in [1.54, 1.807) is 0 Å². The van der Waals surface area contributed by atoms with Gasteiger partial charge in [-0.1, -0.05) is 18.2 Å². The number of pyridine rings is 1. The molecule has 2 unspecified atom stereocenters. The van der Waals surface area contributed by atoms with E-state index in [9.17, 15) is 9.90 Å². The summed E-state index contributed by atoms with van der Waals surface area (Å²) >= 11 is 0. The number of nitrogens with one attached hydrogen (secondary N) is 2. The van der Waals surface area contributed by atoms with Gasteiger partial charge in [0.15, 0.2) is 0 Å². The van der Waals surface area contributed by atoms with Crippen molar-refractivity contribution in [2.75, 3.05) is 26.2 Å². The lowest BCUT2D eigenvalue weighted by molar-refractivity contribution is -0.119. The summed E-state index contributed by atoms with van der Waals surface area (Å²) < 4.78 is 2.10. The second kappa shape index (κ2) is 13.5. The van der Waals surface area contributed by atoms with Crippen LogP contribution in [-0.2, 0) is 50.2 Å². The molecule has 3 aromatic rings. The number of aliphatic hydroxyl groups is 1. The van der Waals surface area contributed by atoms with Crippen LogP contribution in [0.2, 0.25) is 0 Å². The molecular formula is C35H49N7O2. The summed E-state index contributed by atoms with van der Waals surface area (Å²) in [6.07, 6.45) is 6.56. The highest BCUT2D eigenvalue weighted by molar-refractivity contribution is 5.78. The standard InChI is InChI=1S/C35H49N7O2/c1-23(2)41-12-9-27-19-42(39-32(27)21-41)22-34(31-7-8-35(44)38-31)36-18-26-6-5-24(3)28(16-26)17-29-15-25(4)37-33-20-40(13-14-43)11-10-30(29)33/h5-6,15-16,19,23,31,34,36,43H,7-14,17-18,20-22H2,1-4H3,(H,38,44). The zero-order chi connectivity index (χ0) is 30.8. The third-order valence-corrected chi connectivity index (χ3v) is 9.84. The second-order valence-electron chi connectivity index (χ2n) is 13.4. The number of carbonyl (C=O) groups is 1. The van der Waals surface area contributed by atoms with Gasteiger partial charge in [0.25, 0.3) is 0 Å². The largest absolute Gasteiger partial charge is 0.395 e. The molecule has 9 heteroatoms. The highest BCUT2D eigenvalue weighted by Crippen LogP contribution is 2.26. The second-order valence-corrected chi connectivity index (χ2v) is 13.4. The van der Waals surface area contributed by atoms with Gasteiger partial charge in [0.2, 0.25) is 5.91 Å². The van der Waals surface area contributed by atoms with E-state index < -0.39 is 0 Å². The smallest absolute Gasteiger partial charge is 0.220 e. The molecule has 3 N–H and O–H groups in total. The highest BCUT2D eigenvalue weighted by Gasteiger charge is 2.30. The predicted molar refractivity (Wildman–Crippen MR) is 172 cm³/mol. The van der Waals surface area contributed by atoms with Gasteiger partial charge in [-0.05, 0) is 92.8 Å². The van der Waals surface area contributed by atoms with E-state index in [-0.39, 0.29) is 24.6 Å². The normalized spacial score (nSPS) is 19.7. The minimum absolute atomic E-state index is 0.0884. The van der Waals surface area contributed by atoms with E-state index in [1.807, 2.05) is 0 Å². The molecule has 0 bridgehead atoms. The van der Waals surface area contributed by atoms with E-state index in [2.05, 4.69) is 83.3 Å². The molecule has 1 amide bonds. The Morgan fingerprint density at radius 3 is 2.70 bits per heavy atom. The molecule has 5 heterocycles. The van der Waals surface area contributed by atoms with Gasteiger partial charge in [0.1, 0.15) is 0 Å². The number of aryl methyl sites for hydroxylation is 2. The quantitative estimate of drug-likeness (QED) is 0.312. The van der Waals surface area contributed by atoms with Crippen molar-refractivity contribution in [3.8, 4) is 0 Å². The zero-order valence-electron chi connectivity index (χ0n) is 26.9. The number of aromatic nitrogens is 3. The van der Waals surface area contributed by atoms with E-state index in [0.29, 0.717) is 19.0 Å². The van der Waals surface area contributed by atoms with E-state index in [0.717, 1.165) is 76.3 Å². The molecule has 0 saturated carbocycles. The molecule has 44 heavy (non-hydrogen) atoms. The van der Waals surface area contributed by atoms with E-state index >= 15 is 0 Å². The van der Waals surface area contributed by atoms with Crippen LogP contribution in [-0.4, -0.2) is 79.9 Å². The number of hydrogen-bond acceptors (Lipinski definition) is 7. The maximum Gasteiger partial charge on any atom is 0.220 e. The average Bonchev–Trinajstić information content (AvgIpc) is 3.61. The molecule has 2 aromatic heterocycles. The summed E-state index contributed by atoms with van der Waals surface area (Å²) in [6.45, 7) is 14.9. The van der Waals surface area contributed by atoms with Gasteiger partial charge in [-0.2, -0.15) is 5.10 Å². The lowest BCUT2D eigenvalue weighted by Crippen LogP contribution is -2.48. The van der Waals surface area contributed by atoms with Crippen molar-refractivity contribution in [1.82, 2.24) is 35.2 Å². The lowest BCUT2D eigenvalue weighted by Gasteiger charge is -2.29. The van der Waals surface area contributed by atoms with Crippen molar-refractivity contribution in [1.29, 1.82) is 0 Å². The van der Waals surface area contributed by atoms with E-state index in [4.69, 9.17) is 10.1 Å². The Morgan fingerprint density at radius 1 is 1.07 bits per heavy atom. The Hall–Kier alpha value is -3.11. The van der Waals surface area contributed by atoms with Crippen LogP contribution in [0.1, 0.15) is 77.2 Å². The molecule has 0 aliphatic carbocycles. The number of fused-ring (bicyclic) bond motifs is 2. The van der Waals surface area contributed by atoms with E-state index in [1.165, 1.54) is 39.1 Å². The van der Waals surface area contributed by atoms with Crippen LogP contribution in [0.15, 0.2) is 30.5 Å². The SMILES string of the molecule is Cc1cc(Cc2cc(CNC(Cn3cc4c(n3)CN(C(C)C)CC4)C3CCC(=O)N3)ccc2C)c2c(n1)CN(CCO)CC2. The fourth-order valence-corrected chi connectivity index (χ4v) is 7.19. The molecule has 236 valence electrons. The van der Waals surface area contributed by atoms with Crippen molar-refractivity contribution in [3.63, 3.8) is 0 Å². The van der Waals surface area contributed by atoms with Crippen molar-refractivity contribution in [2.24, 2.45) is 0 Å². The topological polar surface area (TPSA) is 98.6 Å². The van der Waals surface area contributed by atoms with Crippen LogP contribution in [0, 0.1) is 13.8 Å².